The largest absolute Gasteiger partial charge is 0.508 e. The minimum Gasteiger partial charge on any atom is -0.508 e. The van der Waals surface area contributed by atoms with Crippen LogP contribution in [-0.2, 0) is 4.79 Å². The molecule has 0 aliphatic heterocycles. The molecular weight excluding hydrogens is 192 g/mol. The van der Waals surface area contributed by atoms with Crippen molar-refractivity contribution in [2.45, 2.75) is 19.4 Å². The maximum Gasteiger partial charge on any atom is 0.242 e. The third kappa shape index (κ3) is 2.21. The Hall–Kier alpha value is -1.71. The number of rotatable bonds is 3. The Bertz CT molecular complexity index is 357. The lowest BCUT2D eigenvalue weighted by atomic mass is 10.0. The molecule has 0 fully saturated rings. The van der Waals surface area contributed by atoms with Crippen molar-refractivity contribution in [3.8, 4) is 5.75 Å². The van der Waals surface area contributed by atoms with Gasteiger partial charge in [0, 0.05) is 12.7 Å². The Morgan fingerprint density at radius 2 is 1.80 bits per heavy atom. The van der Waals surface area contributed by atoms with Crippen LogP contribution >= 0.6 is 0 Å². The zero-order valence-electron chi connectivity index (χ0n) is 9.19. The highest BCUT2D eigenvalue weighted by atomic mass is 16.3. The van der Waals surface area contributed by atoms with Gasteiger partial charge in [0.25, 0.3) is 0 Å². The maximum atomic E-state index is 11.2. The van der Waals surface area contributed by atoms with Gasteiger partial charge >= 0.3 is 0 Å². The first-order chi connectivity index (χ1) is 6.85. The molecule has 0 unspecified atom stereocenters. The minimum atomic E-state index is -0.753. The van der Waals surface area contributed by atoms with Crippen LogP contribution < -0.4 is 10.6 Å². The molecule has 1 aromatic carbocycles. The number of phenols is 1. The molecule has 82 valence electrons. The highest BCUT2D eigenvalue weighted by Crippen LogP contribution is 2.23. The van der Waals surface area contributed by atoms with Gasteiger partial charge in [0.2, 0.25) is 5.91 Å². The lowest BCUT2D eigenvalue weighted by Gasteiger charge is -2.34. The van der Waals surface area contributed by atoms with E-state index in [-0.39, 0.29) is 5.75 Å². The fraction of sp³-hybridized carbons (Fsp3) is 0.364. The van der Waals surface area contributed by atoms with Gasteiger partial charge in [-0.15, -0.1) is 0 Å². The molecule has 0 spiro atoms. The van der Waals surface area contributed by atoms with Crippen LogP contribution in [0.2, 0.25) is 0 Å². The number of hydrogen-bond acceptors (Lipinski definition) is 3. The monoisotopic (exact) mass is 208 g/mol. The van der Waals surface area contributed by atoms with Crippen molar-refractivity contribution in [2.24, 2.45) is 5.73 Å². The van der Waals surface area contributed by atoms with Gasteiger partial charge in [0.15, 0.2) is 0 Å². The van der Waals surface area contributed by atoms with Crippen LogP contribution in [0.25, 0.3) is 0 Å². The van der Waals surface area contributed by atoms with E-state index >= 15 is 0 Å². The summed E-state index contributed by atoms with van der Waals surface area (Å²) >= 11 is 0. The van der Waals surface area contributed by atoms with Gasteiger partial charge in [-0.2, -0.15) is 0 Å². The number of phenolic OH excluding ortho intramolecular Hbond substituents is 1. The molecule has 0 aliphatic rings. The molecule has 0 aliphatic carbocycles. The average Bonchev–Trinajstić information content (AvgIpc) is 2.17. The van der Waals surface area contributed by atoms with Gasteiger partial charge in [-0.1, -0.05) is 0 Å². The molecule has 0 radical (unpaired) electrons. The molecule has 4 heteroatoms. The van der Waals surface area contributed by atoms with E-state index in [9.17, 15) is 4.79 Å². The number of hydrogen-bond donors (Lipinski definition) is 2. The predicted octanol–water partition coefficient (Wildman–Crippen LogP) is 1.09. The van der Waals surface area contributed by atoms with E-state index in [0.717, 1.165) is 5.69 Å². The standard InChI is InChI=1S/C11H16N2O2/c1-11(2,10(12)15)13(3)8-4-6-9(14)7-5-8/h4-7,14H,1-3H3,(H2,12,15). The van der Waals surface area contributed by atoms with Crippen molar-refractivity contribution in [1.82, 2.24) is 0 Å². The third-order valence-corrected chi connectivity index (χ3v) is 2.68. The molecule has 0 bridgehead atoms. The van der Waals surface area contributed by atoms with Gasteiger partial charge in [0.1, 0.15) is 11.3 Å². The van der Waals surface area contributed by atoms with E-state index in [1.54, 1.807) is 50.1 Å². The normalized spacial score (nSPS) is 11.1. The molecule has 4 nitrogen and oxygen atoms in total. The average molecular weight is 208 g/mol. The van der Waals surface area contributed by atoms with Crippen molar-refractivity contribution in [2.75, 3.05) is 11.9 Å². The number of amides is 1. The first kappa shape index (κ1) is 11.4. The molecule has 1 aromatic rings. The van der Waals surface area contributed by atoms with Crippen molar-refractivity contribution in [1.29, 1.82) is 0 Å². The summed E-state index contributed by atoms with van der Waals surface area (Å²) in [5.74, 6) is -0.192. The van der Waals surface area contributed by atoms with Gasteiger partial charge < -0.3 is 15.7 Å². The number of aromatic hydroxyl groups is 1. The number of likely N-dealkylation sites (N-methyl/N-ethyl adjacent to an activating group) is 1. The number of carbonyl (C=O) groups is 1. The Morgan fingerprint density at radius 3 is 2.20 bits per heavy atom. The number of benzene rings is 1. The summed E-state index contributed by atoms with van der Waals surface area (Å²) in [6, 6.07) is 6.62. The Morgan fingerprint density at radius 1 is 1.33 bits per heavy atom. The molecule has 0 saturated heterocycles. The van der Waals surface area contributed by atoms with Crippen LogP contribution in [0.3, 0.4) is 0 Å². The zero-order chi connectivity index (χ0) is 11.6. The topological polar surface area (TPSA) is 66.6 Å². The van der Waals surface area contributed by atoms with E-state index in [2.05, 4.69) is 0 Å². The second kappa shape index (κ2) is 3.81. The van der Waals surface area contributed by atoms with Crippen LogP contribution in [0.1, 0.15) is 13.8 Å². The van der Waals surface area contributed by atoms with Crippen LogP contribution in [0.15, 0.2) is 24.3 Å². The van der Waals surface area contributed by atoms with Crippen molar-refractivity contribution in [3.05, 3.63) is 24.3 Å². The molecule has 0 saturated carbocycles. The molecular formula is C11H16N2O2. The van der Waals surface area contributed by atoms with E-state index in [1.165, 1.54) is 0 Å². The minimum absolute atomic E-state index is 0.198. The van der Waals surface area contributed by atoms with Crippen molar-refractivity contribution < 1.29 is 9.90 Å². The zero-order valence-corrected chi connectivity index (χ0v) is 9.19. The number of primary amides is 1. The van der Waals surface area contributed by atoms with Crippen LogP contribution in [0.5, 0.6) is 5.75 Å². The van der Waals surface area contributed by atoms with Crippen LogP contribution in [0, 0.1) is 0 Å². The number of anilines is 1. The van der Waals surface area contributed by atoms with E-state index in [0.29, 0.717) is 0 Å². The van der Waals surface area contributed by atoms with Crippen molar-refractivity contribution >= 4 is 11.6 Å². The van der Waals surface area contributed by atoms with Crippen LogP contribution in [-0.4, -0.2) is 23.6 Å². The third-order valence-electron chi connectivity index (χ3n) is 2.68. The first-order valence-electron chi connectivity index (χ1n) is 4.68. The van der Waals surface area contributed by atoms with Gasteiger partial charge in [-0.05, 0) is 38.1 Å². The summed E-state index contributed by atoms with van der Waals surface area (Å²) in [5.41, 5.74) is 5.39. The van der Waals surface area contributed by atoms with Gasteiger partial charge in [0.05, 0.1) is 0 Å². The van der Waals surface area contributed by atoms with E-state index in [1.807, 2.05) is 0 Å². The fourth-order valence-electron chi connectivity index (χ4n) is 1.16. The number of nitrogens with two attached hydrogens (primary N) is 1. The quantitative estimate of drug-likeness (QED) is 0.781. The highest BCUT2D eigenvalue weighted by molar-refractivity contribution is 5.87. The van der Waals surface area contributed by atoms with Crippen molar-refractivity contribution in [3.63, 3.8) is 0 Å². The second-order valence-electron chi connectivity index (χ2n) is 4.00. The first-order valence-corrected chi connectivity index (χ1v) is 4.68. The summed E-state index contributed by atoms with van der Waals surface area (Å²) in [4.78, 5) is 13.0. The van der Waals surface area contributed by atoms with Gasteiger partial charge in [-0.25, -0.2) is 0 Å². The van der Waals surface area contributed by atoms with Crippen LogP contribution in [0.4, 0.5) is 5.69 Å². The lowest BCUT2D eigenvalue weighted by Crippen LogP contribution is -2.51. The molecule has 0 atom stereocenters. The van der Waals surface area contributed by atoms with E-state index < -0.39 is 11.4 Å². The lowest BCUT2D eigenvalue weighted by molar-refractivity contribution is -0.122. The summed E-state index contributed by atoms with van der Waals surface area (Å²) in [6.07, 6.45) is 0. The fourth-order valence-corrected chi connectivity index (χ4v) is 1.16. The number of nitrogens with zero attached hydrogens (tertiary/aromatic N) is 1. The molecule has 1 rings (SSSR count). The summed E-state index contributed by atoms with van der Waals surface area (Å²) < 4.78 is 0. The Labute approximate surface area is 89.3 Å². The summed E-state index contributed by atoms with van der Waals surface area (Å²) in [7, 11) is 1.79. The SMILES string of the molecule is CN(c1ccc(O)cc1)C(C)(C)C(N)=O. The molecule has 1 amide bonds. The summed E-state index contributed by atoms with van der Waals surface area (Å²) in [5, 5.41) is 9.14. The Kier molecular flexibility index (Phi) is 2.88. The molecule has 15 heavy (non-hydrogen) atoms. The molecule has 3 N–H and O–H groups in total. The van der Waals surface area contributed by atoms with E-state index in [4.69, 9.17) is 10.8 Å². The second-order valence-corrected chi connectivity index (χ2v) is 4.00. The molecule has 0 heterocycles. The highest BCUT2D eigenvalue weighted by Gasteiger charge is 2.30. The number of carbonyl (C=O) groups excluding carboxylic acids is 1. The van der Waals surface area contributed by atoms with Gasteiger partial charge in [-0.3, -0.25) is 4.79 Å². The predicted molar refractivity (Wildman–Crippen MR) is 59.8 cm³/mol. The molecule has 0 aromatic heterocycles. The summed E-state index contributed by atoms with van der Waals surface area (Å²) in [6.45, 7) is 3.50. The maximum absolute atomic E-state index is 11.2. The Balaban J connectivity index is 2.99. The smallest absolute Gasteiger partial charge is 0.242 e.